The van der Waals surface area contributed by atoms with Gasteiger partial charge in [-0.2, -0.15) is 0 Å². The summed E-state index contributed by atoms with van der Waals surface area (Å²) in [6.45, 7) is 1.83. The van der Waals surface area contributed by atoms with Crippen LogP contribution in [0.3, 0.4) is 0 Å². The molecule has 26 heavy (non-hydrogen) atoms. The quantitative estimate of drug-likeness (QED) is 0.739. The van der Waals surface area contributed by atoms with Gasteiger partial charge in [0.15, 0.2) is 0 Å². The van der Waals surface area contributed by atoms with Crippen LogP contribution >= 0.6 is 11.6 Å². The van der Waals surface area contributed by atoms with E-state index in [4.69, 9.17) is 11.6 Å². The number of hydrogen-bond acceptors (Lipinski definition) is 3. The summed E-state index contributed by atoms with van der Waals surface area (Å²) < 4.78 is 1.54. The number of nitrogens with zero attached hydrogens (tertiary/aromatic N) is 2. The maximum Gasteiger partial charge on any atom is 0.330 e. The second kappa shape index (κ2) is 7.09. The fourth-order valence-corrected chi connectivity index (χ4v) is 2.90. The smallest absolute Gasteiger partial charge is 0.330 e. The molecule has 0 aliphatic rings. The van der Waals surface area contributed by atoms with Crippen LogP contribution < -0.4 is 15.9 Å². The van der Waals surface area contributed by atoms with Gasteiger partial charge in [0.05, 0.1) is 17.1 Å². The van der Waals surface area contributed by atoms with Crippen LogP contribution in [0.5, 0.6) is 0 Å². The molecule has 1 amide bonds. The third-order valence-electron chi connectivity index (χ3n) is 4.04. The number of hydrogen-bond donors (Lipinski definition) is 2. The molecule has 0 fully saturated rings. The van der Waals surface area contributed by atoms with Crippen LogP contribution in [0.4, 0.5) is 11.4 Å². The molecular formula is C19H19ClN4O2. The number of imidazole rings is 1. The predicted molar refractivity (Wildman–Crippen MR) is 105 cm³/mol. The Balaban J connectivity index is 1.86. The monoisotopic (exact) mass is 370 g/mol. The largest absolute Gasteiger partial charge is 0.376 e. The first-order chi connectivity index (χ1) is 12.4. The molecule has 0 radical (unpaired) electrons. The van der Waals surface area contributed by atoms with Crippen molar-refractivity contribution >= 4 is 28.9 Å². The number of amides is 1. The Morgan fingerprint density at radius 2 is 1.85 bits per heavy atom. The Bertz CT molecular complexity index is 1000. The summed E-state index contributed by atoms with van der Waals surface area (Å²) in [5.74, 6) is -0.250. The lowest BCUT2D eigenvalue weighted by atomic mass is 10.1. The minimum absolute atomic E-state index is 0.214. The fraction of sp³-hybridized carbons (Fsp3) is 0.158. The van der Waals surface area contributed by atoms with Crippen molar-refractivity contribution in [2.24, 2.45) is 0 Å². The fourth-order valence-electron chi connectivity index (χ4n) is 2.73. The van der Waals surface area contributed by atoms with Gasteiger partial charge in [-0.25, -0.2) is 4.79 Å². The van der Waals surface area contributed by atoms with Gasteiger partial charge in [-0.15, -0.1) is 0 Å². The Labute approximate surface area is 156 Å². The van der Waals surface area contributed by atoms with Gasteiger partial charge in [0, 0.05) is 36.6 Å². The normalized spacial score (nSPS) is 10.6. The second-order valence-electron chi connectivity index (χ2n) is 6.13. The van der Waals surface area contributed by atoms with Gasteiger partial charge < -0.3 is 15.2 Å². The Hall–Kier alpha value is -2.99. The third-order valence-corrected chi connectivity index (χ3v) is 4.27. The SMILES string of the molecule is Cc1c[nH]c(=O)n1-c1ccc(C(=O)Nc2cc(Cl)ccc2N(C)C)cc1. The van der Waals surface area contributed by atoms with Crippen molar-refractivity contribution in [2.45, 2.75) is 6.92 Å². The molecule has 0 aliphatic heterocycles. The van der Waals surface area contributed by atoms with E-state index in [2.05, 4.69) is 10.3 Å². The maximum atomic E-state index is 12.6. The van der Waals surface area contributed by atoms with Gasteiger partial charge in [-0.1, -0.05) is 11.6 Å². The number of carbonyl (C=O) groups excluding carboxylic acids is 1. The highest BCUT2D eigenvalue weighted by molar-refractivity contribution is 6.31. The van der Waals surface area contributed by atoms with Crippen molar-refractivity contribution in [1.29, 1.82) is 0 Å². The van der Waals surface area contributed by atoms with Gasteiger partial charge in [-0.05, 0) is 49.4 Å². The van der Waals surface area contributed by atoms with E-state index in [1.54, 1.807) is 47.2 Å². The van der Waals surface area contributed by atoms with E-state index in [1.165, 1.54) is 0 Å². The highest BCUT2D eigenvalue weighted by atomic mass is 35.5. The summed E-state index contributed by atoms with van der Waals surface area (Å²) in [6, 6.07) is 12.2. The summed E-state index contributed by atoms with van der Waals surface area (Å²) in [5.41, 5.74) is 3.25. The minimum atomic E-state index is -0.250. The van der Waals surface area contributed by atoms with Gasteiger partial charge >= 0.3 is 5.69 Å². The lowest BCUT2D eigenvalue weighted by molar-refractivity contribution is 0.102. The highest BCUT2D eigenvalue weighted by Gasteiger charge is 2.12. The Morgan fingerprint density at radius 3 is 2.42 bits per heavy atom. The maximum absolute atomic E-state index is 12.6. The molecule has 0 aliphatic carbocycles. The predicted octanol–water partition coefficient (Wildman–Crippen LogP) is 3.45. The van der Waals surface area contributed by atoms with Crippen molar-refractivity contribution < 1.29 is 4.79 Å². The zero-order valence-corrected chi connectivity index (χ0v) is 15.5. The van der Waals surface area contributed by atoms with E-state index in [0.29, 0.717) is 22.0 Å². The number of aromatic nitrogens is 2. The molecule has 2 aromatic carbocycles. The molecule has 0 bridgehead atoms. The van der Waals surface area contributed by atoms with Crippen molar-refractivity contribution in [3.63, 3.8) is 0 Å². The molecule has 0 spiro atoms. The van der Waals surface area contributed by atoms with E-state index in [0.717, 1.165) is 11.4 Å². The lowest BCUT2D eigenvalue weighted by Gasteiger charge is -2.18. The zero-order valence-electron chi connectivity index (χ0n) is 14.7. The van der Waals surface area contributed by atoms with Crippen LogP contribution in [0.2, 0.25) is 5.02 Å². The van der Waals surface area contributed by atoms with Gasteiger partial charge in [0.2, 0.25) is 0 Å². The first-order valence-corrected chi connectivity index (χ1v) is 8.40. The number of aryl methyl sites for hydroxylation is 1. The molecule has 3 rings (SSSR count). The van der Waals surface area contributed by atoms with Gasteiger partial charge in [0.25, 0.3) is 5.91 Å². The summed E-state index contributed by atoms with van der Waals surface area (Å²) in [5, 5.41) is 3.43. The minimum Gasteiger partial charge on any atom is -0.376 e. The summed E-state index contributed by atoms with van der Waals surface area (Å²) in [6.07, 6.45) is 1.64. The number of nitrogens with one attached hydrogen (secondary N) is 2. The molecule has 1 heterocycles. The van der Waals surface area contributed by atoms with Crippen molar-refractivity contribution in [3.8, 4) is 5.69 Å². The lowest BCUT2D eigenvalue weighted by Crippen LogP contribution is -2.18. The summed E-state index contributed by atoms with van der Waals surface area (Å²) in [7, 11) is 3.79. The molecule has 0 saturated carbocycles. The topological polar surface area (TPSA) is 70.1 Å². The van der Waals surface area contributed by atoms with Crippen LogP contribution in [-0.4, -0.2) is 29.6 Å². The van der Waals surface area contributed by atoms with Crippen molar-refractivity contribution in [3.05, 3.63) is 75.4 Å². The number of halogens is 1. The van der Waals surface area contributed by atoms with E-state index < -0.39 is 0 Å². The standard InChI is InChI=1S/C19H19ClN4O2/c1-12-11-21-19(26)24(12)15-7-4-13(5-8-15)18(25)22-16-10-14(20)6-9-17(16)23(2)3/h4-11H,1-3H3,(H,21,26)(H,22,25). The van der Waals surface area contributed by atoms with E-state index in [9.17, 15) is 9.59 Å². The number of rotatable bonds is 4. The molecule has 134 valence electrons. The molecule has 6 nitrogen and oxygen atoms in total. The average Bonchev–Trinajstić information content (AvgIpc) is 2.93. The average molecular weight is 371 g/mol. The molecule has 0 unspecified atom stereocenters. The van der Waals surface area contributed by atoms with Crippen molar-refractivity contribution in [1.82, 2.24) is 9.55 Å². The van der Waals surface area contributed by atoms with Gasteiger partial charge in [-0.3, -0.25) is 9.36 Å². The van der Waals surface area contributed by atoms with Crippen molar-refractivity contribution in [2.75, 3.05) is 24.3 Å². The first-order valence-electron chi connectivity index (χ1n) is 8.02. The van der Waals surface area contributed by atoms with E-state index >= 15 is 0 Å². The number of aromatic amines is 1. The van der Waals surface area contributed by atoms with E-state index in [1.807, 2.05) is 32.0 Å². The zero-order chi connectivity index (χ0) is 18.8. The number of anilines is 2. The Kier molecular flexibility index (Phi) is 4.86. The van der Waals surface area contributed by atoms with Crippen LogP contribution in [-0.2, 0) is 0 Å². The molecule has 2 N–H and O–H groups in total. The van der Waals surface area contributed by atoms with Gasteiger partial charge in [0.1, 0.15) is 0 Å². The van der Waals surface area contributed by atoms with Crippen LogP contribution in [0.15, 0.2) is 53.5 Å². The second-order valence-corrected chi connectivity index (χ2v) is 6.56. The third kappa shape index (κ3) is 3.50. The molecule has 0 atom stereocenters. The highest BCUT2D eigenvalue weighted by Crippen LogP contribution is 2.28. The summed E-state index contributed by atoms with van der Waals surface area (Å²) >= 11 is 6.05. The summed E-state index contributed by atoms with van der Waals surface area (Å²) in [4.78, 5) is 29.0. The number of H-pyrrole nitrogens is 1. The van der Waals surface area contributed by atoms with Crippen LogP contribution in [0, 0.1) is 6.92 Å². The van der Waals surface area contributed by atoms with Crippen LogP contribution in [0.1, 0.15) is 16.1 Å². The molecule has 1 aromatic heterocycles. The molecule has 7 heteroatoms. The Morgan fingerprint density at radius 1 is 1.15 bits per heavy atom. The number of benzene rings is 2. The molecular weight excluding hydrogens is 352 g/mol. The van der Waals surface area contributed by atoms with Crippen LogP contribution in [0.25, 0.3) is 5.69 Å². The molecule has 3 aromatic rings. The molecule has 0 saturated heterocycles. The number of carbonyl (C=O) groups is 1. The van der Waals surface area contributed by atoms with E-state index in [-0.39, 0.29) is 11.6 Å². The first kappa shape index (κ1) is 17.8.